The lowest BCUT2D eigenvalue weighted by Crippen LogP contribution is -2.47. The zero-order valence-corrected chi connectivity index (χ0v) is 14.6. The van der Waals surface area contributed by atoms with Crippen LogP contribution >= 0.6 is 11.8 Å². The van der Waals surface area contributed by atoms with Crippen molar-refractivity contribution in [2.45, 2.75) is 18.6 Å². The van der Waals surface area contributed by atoms with Crippen molar-refractivity contribution in [1.29, 1.82) is 0 Å². The molecule has 0 bridgehead atoms. The van der Waals surface area contributed by atoms with Crippen LogP contribution < -0.4 is 5.32 Å². The highest BCUT2D eigenvalue weighted by Crippen LogP contribution is 2.48. The summed E-state index contributed by atoms with van der Waals surface area (Å²) in [6, 6.07) is 5.60. The fraction of sp³-hybridized carbons (Fsp3) is 0.333. The van der Waals surface area contributed by atoms with E-state index in [2.05, 4.69) is 5.32 Å². The van der Waals surface area contributed by atoms with Gasteiger partial charge in [0.1, 0.15) is 16.0 Å². The number of para-hydroxylation sites is 1. The van der Waals surface area contributed by atoms with Gasteiger partial charge >= 0.3 is 0 Å². The molecule has 1 aromatic rings. The summed E-state index contributed by atoms with van der Waals surface area (Å²) in [5, 5.41) is 2.34. The minimum absolute atomic E-state index is 0.0483. The number of thioether (sulfide) groups is 1. The molecule has 24 heavy (non-hydrogen) atoms. The van der Waals surface area contributed by atoms with Gasteiger partial charge in [-0.15, -0.1) is 11.8 Å². The van der Waals surface area contributed by atoms with E-state index in [-0.39, 0.29) is 15.2 Å². The number of amides is 2. The summed E-state index contributed by atoms with van der Waals surface area (Å²) in [4.78, 5) is 25.0. The van der Waals surface area contributed by atoms with Gasteiger partial charge in [-0.05, 0) is 24.1 Å². The highest BCUT2D eigenvalue weighted by Gasteiger charge is 2.49. The van der Waals surface area contributed by atoms with E-state index >= 15 is 0 Å². The minimum Gasteiger partial charge on any atom is -0.323 e. The predicted octanol–water partition coefficient (Wildman–Crippen LogP) is 1.92. The van der Waals surface area contributed by atoms with Crippen LogP contribution in [0.1, 0.15) is 13.3 Å². The van der Waals surface area contributed by atoms with Gasteiger partial charge in [-0.3, -0.25) is 9.59 Å². The lowest BCUT2D eigenvalue weighted by Gasteiger charge is -2.29. The molecule has 6 nitrogen and oxygen atoms in total. The fourth-order valence-electron chi connectivity index (χ4n) is 2.77. The third kappa shape index (κ3) is 2.61. The summed E-state index contributed by atoms with van der Waals surface area (Å²) >= 11 is 1.14. The zero-order chi connectivity index (χ0) is 17.6. The molecule has 1 aromatic carbocycles. The van der Waals surface area contributed by atoms with Gasteiger partial charge in [0.2, 0.25) is 5.91 Å². The largest absolute Gasteiger partial charge is 0.323 e. The number of anilines is 1. The maximum atomic E-state index is 13.7. The second-order valence-electron chi connectivity index (χ2n) is 5.66. The second kappa shape index (κ2) is 5.89. The number of hydrogen-bond acceptors (Lipinski definition) is 5. The molecule has 0 saturated carbocycles. The van der Waals surface area contributed by atoms with Crippen LogP contribution in [0.15, 0.2) is 34.1 Å². The summed E-state index contributed by atoms with van der Waals surface area (Å²) in [7, 11) is -2.76. The molecule has 0 spiro atoms. The first-order valence-corrected chi connectivity index (χ1v) is 9.53. The topological polar surface area (TPSA) is 83.6 Å². The first kappa shape index (κ1) is 17.0. The molecule has 2 atom stereocenters. The third-order valence-electron chi connectivity index (χ3n) is 3.97. The first-order valence-electron chi connectivity index (χ1n) is 7.21. The highest BCUT2D eigenvalue weighted by molar-refractivity contribution is 8.18. The Morgan fingerprint density at radius 2 is 2.04 bits per heavy atom. The molecule has 0 fully saturated rings. The Balaban J connectivity index is 2.00. The van der Waals surface area contributed by atoms with Crippen LogP contribution in [0.5, 0.6) is 0 Å². The first-order chi connectivity index (χ1) is 11.2. The normalized spacial score (nSPS) is 25.6. The molecule has 2 aliphatic rings. The lowest BCUT2D eigenvalue weighted by molar-refractivity contribution is -0.134. The molecular formula is C15H15FN2O4S2. The number of benzene rings is 1. The van der Waals surface area contributed by atoms with E-state index in [1.165, 1.54) is 18.2 Å². The third-order valence-corrected chi connectivity index (χ3v) is 7.57. The molecule has 0 aromatic heterocycles. The quantitative estimate of drug-likeness (QED) is 0.804. The van der Waals surface area contributed by atoms with Crippen LogP contribution in [0.25, 0.3) is 0 Å². The van der Waals surface area contributed by atoms with Gasteiger partial charge in [0, 0.05) is 12.3 Å². The van der Waals surface area contributed by atoms with Crippen molar-refractivity contribution in [3.05, 3.63) is 39.9 Å². The molecule has 2 aliphatic heterocycles. The molecular weight excluding hydrogens is 355 g/mol. The Kier molecular flexibility index (Phi) is 4.16. The van der Waals surface area contributed by atoms with Crippen LogP contribution in [-0.4, -0.2) is 36.8 Å². The Morgan fingerprint density at radius 3 is 2.71 bits per heavy atom. The van der Waals surface area contributed by atoms with Gasteiger partial charge in [0.25, 0.3) is 15.9 Å². The van der Waals surface area contributed by atoms with Gasteiger partial charge in [-0.1, -0.05) is 19.1 Å². The van der Waals surface area contributed by atoms with Crippen molar-refractivity contribution in [3.63, 3.8) is 0 Å². The van der Waals surface area contributed by atoms with Gasteiger partial charge in [0.15, 0.2) is 0 Å². The summed E-state index contributed by atoms with van der Waals surface area (Å²) < 4.78 is 39.1. The molecule has 1 N–H and O–H groups in total. The minimum atomic E-state index is -3.90. The van der Waals surface area contributed by atoms with Gasteiger partial charge in [0.05, 0.1) is 5.69 Å². The average molecular weight is 370 g/mol. The number of carbonyl (C=O) groups excluding carboxylic acids is 2. The van der Waals surface area contributed by atoms with Gasteiger partial charge in [-0.2, -0.15) is 0 Å². The summed E-state index contributed by atoms with van der Waals surface area (Å²) in [5.74, 6) is -3.43. The van der Waals surface area contributed by atoms with E-state index in [1.54, 1.807) is 6.07 Å². The summed E-state index contributed by atoms with van der Waals surface area (Å²) in [6.07, 6.45) is 0.328. The number of nitrogens with one attached hydrogen (secondary N) is 1. The zero-order valence-electron chi connectivity index (χ0n) is 12.9. The van der Waals surface area contributed by atoms with Crippen molar-refractivity contribution >= 4 is 39.3 Å². The highest BCUT2D eigenvalue weighted by atomic mass is 32.3. The van der Waals surface area contributed by atoms with Crippen molar-refractivity contribution in [1.82, 2.24) is 4.31 Å². The van der Waals surface area contributed by atoms with E-state index in [9.17, 15) is 22.4 Å². The van der Waals surface area contributed by atoms with Crippen LogP contribution in [-0.2, 0) is 19.6 Å². The fourth-order valence-corrected chi connectivity index (χ4v) is 6.19. The Hall–Kier alpha value is -1.87. The lowest BCUT2D eigenvalue weighted by atomic mass is 9.94. The number of rotatable bonds is 2. The van der Waals surface area contributed by atoms with E-state index in [4.69, 9.17) is 0 Å². The van der Waals surface area contributed by atoms with Crippen LogP contribution in [0.4, 0.5) is 10.1 Å². The molecule has 2 amide bonds. The predicted molar refractivity (Wildman–Crippen MR) is 88.9 cm³/mol. The van der Waals surface area contributed by atoms with E-state index in [1.807, 2.05) is 6.92 Å². The Morgan fingerprint density at radius 1 is 1.38 bits per heavy atom. The molecule has 128 valence electrons. The Labute approximate surface area is 143 Å². The molecule has 0 saturated heterocycles. The van der Waals surface area contributed by atoms with E-state index in [0.717, 1.165) is 18.8 Å². The second-order valence-corrected chi connectivity index (χ2v) is 9.27. The van der Waals surface area contributed by atoms with E-state index in [0.29, 0.717) is 16.3 Å². The molecule has 2 unspecified atom stereocenters. The van der Waals surface area contributed by atoms with E-state index < -0.39 is 33.6 Å². The SMILES string of the molecule is CC1CC2=C(S1)S(=O)(=O)N(C)C(=O)C2C(=O)Nc1ccccc1F. The van der Waals surface area contributed by atoms with Crippen molar-refractivity contribution in [2.75, 3.05) is 12.4 Å². The van der Waals surface area contributed by atoms with Gasteiger partial charge < -0.3 is 5.32 Å². The van der Waals surface area contributed by atoms with Crippen molar-refractivity contribution < 1.29 is 22.4 Å². The number of hydrogen-bond donors (Lipinski definition) is 1. The molecule has 2 heterocycles. The maximum absolute atomic E-state index is 13.7. The molecule has 9 heteroatoms. The van der Waals surface area contributed by atoms with Crippen LogP contribution in [0.2, 0.25) is 0 Å². The molecule has 0 aliphatic carbocycles. The molecule has 3 rings (SSSR count). The maximum Gasteiger partial charge on any atom is 0.272 e. The van der Waals surface area contributed by atoms with Gasteiger partial charge in [-0.25, -0.2) is 17.1 Å². The standard InChI is InChI=1S/C15H15FN2O4S2/c1-8-7-9-12(13(19)17-11-6-4-3-5-10(11)16)14(20)18(2)24(21,22)15(9)23-8/h3-6,8,12H,7H2,1-2H3,(H,17,19). The van der Waals surface area contributed by atoms with Crippen LogP contribution in [0, 0.1) is 11.7 Å². The Bertz CT molecular complexity index is 866. The number of halogens is 1. The number of nitrogens with zero attached hydrogens (tertiary/aromatic N) is 1. The smallest absolute Gasteiger partial charge is 0.272 e. The van der Waals surface area contributed by atoms with Crippen molar-refractivity contribution in [3.8, 4) is 0 Å². The number of carbonyl (C=O) groups is 2. The summed E-state index contributed by atoms with van der Waals surface area (Å²) in [5.41, 5.74) is 0.247. The number of sulfonamides is 1. The average Bonchev–Trinajstić information content (AvgIpc) is 2.90. The van der Waals surface area contributed by atoms with Crippen molar-refractivity contribution in [2.24, 2.45) is 5.92 Å². The molecule has 0 radical (unpaired) electrons. The van der Waals surface area contributed by atoms with Crippen LogP contribution in [0.3, 0.4) is 0 Å². The summed E-state index contributed by atoms with van der Waals surface area (Å²) in [6.45, 7) is 1.83. The monoisotopic (exact) mass is 370 g/mol.